The zero-order chi connectivity index (χ0) is 23.8. The molecule has 0 aromatic heterocycles. The summed E-state index contributed by atoms with van der Waals surface area (Å²) in [5, 5.41) is 13.4. The van der Waals surface area contributed by atoms with E-state index in [-0.39, 0.29) is 24.1 Å². The number of Topliss-reactive ketones (excluding diaryl/α,β-unsaturated/α-hetero) is 1. The minimum atomic E-state index is -1.33. The highest BCUT2D eigenvalue weighted by atomic mass is 19.1. The van der Waals surface area contributed by atoms with Gasteiger partial charge in [-0.15, -0.1) is 0 Å². The standard InChI is InChI=1S/C24H19FN2O6/c25-18-8-10-19(11-9-18)26-21(28)14-15-22(29)33-24(23(30)16-4-2-1-3-5-16)17-6-12-20(13-7-17)27(31)32/h1-13,24H,14-15H2,(H,26,28)/t24-/m1/s1. The number of hydrogen-bond donors (Lipinski definition) is 1. The summed E-state index contributed by atoms with van der Waals surface area (Å²) in [6.07, 6.45) is -1.86. The number of nitro groups is 1. The van der Waals surface area contributed by atoms with Gasteiger partial charge in [-0.25, -0.2) is 4.39 Å². The van der Waals surface area contributed by atoms with Crippen LogP contribution in [0.25, 0.3) is 0 Å². The van der Waals surface area contributed by atoms with Gasteiger partial charge in [0.2, 0.25) is 11.7 Å². The molecule has 0 aliphatic heterocycles. The van der Waals surface area contributed by atoms with Crippen LogP contribution in [0.2, 0.25) is 0 Å². The van der Waals surface area contributed by atoms with Gasteiger partial charge in [-0.1, -0.05) is 30.3 Å². The van der Waals surface area contributed by atoms with Crippen molar-refractivity contribution in [1.29, 1.82) is 0 Å². The predicted octanol–water partition coefficient (Wildman–Crippen LogP) is 4.62. The van der Waals surface area contributed by atoms with Crippen molar-refractivity contribution in [1.82, 2.24) is 0 Å². The number of nitro benzene ring substituents is 1. The molecule has 0 saturated heterocycles. The lowest BCUT2D eigenvalue weighted by atomic mass is 9.99. The van der Waals surface area contributed by atoms with Gasteiger partial charge in [-0.3, -0.25) is 24.5 Å². The first-order valence-corrected chi connectivity index (χ1v) is 9.92. The Morgan fingerprint density at radius 2 is 1.55 bits per heavy atom. The number of non-ortho nitro benzene ring substituents is 1. The van der Waals surface area contributed by atoms with Crippen molar-refractivity contribution in [2.75, 3.05) is 5.32 Å². The van der Waals surface area contributed by atoms with Gasteiger partial charge < -0.3 is 10.1 Å². The van der Waals surface area contributed by atoms with Crippen molar-refractivity contribution >= 4 is 29.0 Å². The number of carbonyl (C=O) groups is 3. The van der Waals surface area contributed by atoms with Crippen LogP contribution in [0.4, 0.5) is 15.8 Å². The Morgan fingerprint density at radius 1 is 0.909 bits per heavy atom. The molecule has 8 nitrogen and oxygen atoms in total. The summed E-state index contributed by atoms with van der Waals surface area (Å²) in [6, 6.07) is 18.4. The van der Waals surface area contributed by atoms with E-state index in [9.17, 15) is 28.9 Å². The van der Waals surface area contributed by atoms with E-state index in [2.05, 4.69) is 5.32 Å². The third-order valence-corrected chi connectivity index (χ3v) is 4.64. The smallest absolute Gasteiger partial charge is 0.307 e. The van der Waals surface area contributed by atoms with Gasteiger partial charge in [0.25, 0.3) is 5.69 Å². The summed E-state index contributed by atoms with van der Waals surface area (Å²) in [5.74, 6) is -2.23. The summed E-state index contributed by atoms with van der Waals surface area (Å²) >= 11 is 0. The van der Waals surface area contributed by atoms with E-state index in [0.717, 1.165) is 0 Å². The summed E-state index contributed by atoms with van der Waals surface area (Å²) in [5.41, 5.74) is 0.757. The van der Waals surface area contributed by atoms with Gasteiger partial charge in [-0.05, 0) is 36.4 Å². The third kappa shape index (κ3) is 6.54. The number of benzene rings is 3. The highest BCUT2D eigenvalue weighted by Gasteiger charge is 2.27. The van der Waals surface area contributed by atoms with E-state index in [4.69, 9.17) is 4.74 Å². The Kier molecular flexibility index (Phi) is 7.59. The summed E-state index contributed by atoms with van der Waals surface area (Å²) in [4.78, 5) is 47.8. The van der Waals surface area contributed by atoms with Gasteiger partial charge in [0.15, 0.2) is 6.10 Å². The van der Waals surface area contributed by atoms with Crippen molar-refractivity contribution in [3.8, 4) is 0 Å². The number of ketones is 1. The maximum Gasteiger partial charge on any atom is 0.307 e. The molecule has 0 aliphatic rings. The molecule has 0 aliphatic carbocycles. The van der Waals surface area contributed by atoms with E-state index in [0.29, 0.717) is 11.3 Å². The van der Waals surface area contributed by atoms with Crippen LogP contribution in [0.15, 0.2) is 78.9 Å². The normalized spacial score (nSPS) is 11.3. The van der Waals surface area contributed by atoms with Gasteiger partial charge in [0.05, 0.1) is 11.3 Å². The number of halogens is 1. The Hall–Kier alpha value is -4.40. The molecule has 0 radical (unpaired) electrons. The van der Waals surface area contributed by atoms with Crippen molar-refractivity contribution < 1.29 is 28.4 Å². The molecule has 3 aromatic rings. The first kappa shape index (κ1) is 23.3. The van der Waals surface area contributed by atoms with Crippen molar-refractivity contribution in [2.45, 2.75) is 18.9 Å². The van der Waals surface area contributed by atoms with E-state index in [1.165, 1.54) is 48.5 Å². The molecular formula is C24H19FN2O6. The fourth-order valence-corrected chi connectivity index (χ4v) is 2.96. The zero-order valence-corrected chi connectivity index (χ0v) is 17.3. The van der Waals surface area contributed by atoms with Crippen LogP contribution < -0.4 is 5.32 Å². The fourth-order valence-electron chi connectivity index (χ4n) is 2.96. The first-order valence-electron chi connectivity index (χ1n) is 9.92. The second kappa shape index (κ2) is 10.8. The Balaban J connectivity index is 1.69. The largest absolute Gasteiger partial charge is 0.449 e. The number of esters is 1. The Bertz CT molecular complexity index is 1150. The number of carbonyl (C=O) groups excluding carboxylic acids is 3. The number of hydrogen-bond acceptors (Lipinski definition) is 6. The van der Waals surface area contributed by atoms with E-state index >= 15 is 0 Å². The molecule has 33 heavy (non-hydrogen) atoms. The highest BCUT2D eigenvalue weighted by molar-refractivity contribution is 6.01. The number of rotatable bonds is 9. The number of nitrogens with zero attached hydrogens (tertiary/aromatic N) is 1. The Morgan fingerprint density at radius 3 is 2.15 bits per heavy atom. The fraction of sp³-hybridized carbons (Fsp3) is 0.125. The predicted molar refractivity (Wildman–Crippen MR) is 117 cm³/mol. The van der Waals surface area contributed by atoms with Crippen LogP contribution in [0.5, 0.6) is 0 Å². The van der Waals surface area contributed by atoms with Crippen LogP contribution >= 0.6 is 0 Å². The average molecular weight is 450 g/mol. The highest BCUT2D eigenvalue weighted by Crippen LogP contribution is 2.25. The number of ether oxygens (including phenoxy) is 1. The monoisotopic (exact) mass is 450 g/mol. The molecule has 0 spiro atoms. The van der Waals surface area contributed by atoms with Crippen LogP contribution in [0.3, 0.4) is 0 Å². The molecule has 0 saturated carbocycles. The average Bonchev–Trinajstić information content (AvgIpc) is 2.83. The summed E-state index contributed by atoms with van der Waals surface area (Å²) in [6.45, 7) is 0. The van der Waals surface area contributed by atoms with E-state index < -0.39 is 34.5 Å². The third-order valence-electron chi connectivity index (χ3n) is 4.64. The SMILES string of the molecule is O=C(CCC(=O)O[C@@H](C(=O)c1ccccc1)c1ccc([N+](=O)[O-])cc1)Nc1ccc(F)cc1. The molecular weight excluding hydrogens is 431 g/mol. The molecule has 1 atom stereocenters. The van der Waals surface area contributed by atoms with Gasteiger partial charge in [0, 0.05) is 35.4 Å². The molecule has 9 heteroatoms. The minimum absolute atomic E-state index is 0.173. The molecule has 168 valence electrons. The van der Waals surface area contributed by atoms with Crippen LogP contribution in [-0.4, -0.2) is 22.6 Å². The van der Waals surface area contributed by atoms with Crippen LogP contribution in [-0.2, 0) is 14.3 Å². The van der Waals surface area contributed by atoms with Crippen molar-refractivity contribution in [3.63, 3.8) is 0 Å². The van der Waals surface area contributed by atoms with Crippen molar-refractivity contribution in [2.24, 2.45) is 0 Å². The molecule has 1 amide bonds. The van der Waals surface area contributed by atoms with Crippen LogP contribution in [0, 0.1) is 15.9 Å². The molecule has 0 unspecified atom stereocenters. The summed E-state index contributed by atoms with van der Waals surface area (Å²) in [7, 11) is 0. The molecule has 1 N–H and O–H groups in total. The molecule has 3 aromatic carbocycles. The van der Waals surface area contributed by atoms with Gasteiger partial charge >= 0.3 is 5.97 Å². The lowest BCUT2D eigenvalue weighted by molar-refractivity contribution is -0.384. The maximum absolute atomic E-state index is 13.0. The second-order valence-electron chi connectivity index (χ2n) is 7.00. The molecule has 3 rings (SSSR count). The number of nitrogens with one attached hydrogen (secondary N) is 1. The quantitative estimate of drug-likeness (QED) is 0.220. The molecule has 0 bridgehead atoms. The minimum Gasteiger partial charge on any atom is -0.449 e. The molecule has 0 heterocycles. The van der Waals surface area contributed by atoms with E-state index in [1.807, 2.05) is 0 Å². The van der Waals surface area contributed by atoms with Crippen molar-refractivity contribution in [3.05, 3.63) is 106 Å². The zero-order valence-electron chi connectivity index (χ0n) is 17.3. The summed E-state index contributed by atoms with van der Waals surface area (Å²) < 4.78 is 18.3. The van der Waals surface area contributed by atoms with Gasteiger partial charge in [0.1, 0.15) is 5.82 Å². The number of amides is 1. The molecule has 0 fully saturated rings. The first-order chi connectivity index (χ1) is 15.8. The topological polar surface area (TPSA) is 116 Å². The second-order valence-corrected chi connectivity index (χ2v) is 7.00. The maximum atomic E-state index is 13.0. The lowest BCUT2D eigenvalue weighted by Crippen LogP contribution is -2.21. The van der Waals surface area contributed by atoms with E-state index in [1.54, 1.807) is 30.3 Å². The van der Waals surface area contributed by atoms with Gasteiger partial charge in [-0.2, -0.15) is 0 Å². The number of anilines is 1. The lowest BCUT2D eigenvalue weighted by Gasteiger charge is -2.17. The Labute approximate surface area is 188 Å². The van der Waals surface area contributed by atoms with Crippen LogP contribution in [0.1, 0.15) is 34.9 Å².